The summed E-state index contributed by atoms with van der Waals surface area (Å²) < 4.78 is 33.1. The molecular weight excluding hydrogens is 448 g/mol. The highest BCUT2D eigenvalue weighted by Gasteiger charge is 2.39. The molecule has 4 rings (SSSR count). The zero-order valence-corrected chi connectivity index (χ0v) is 20.1. The van der Waals surface area contributed by atoms with E-state index in [1.165, 1.54) is 23.3 Å². The molecule has 1 saturated heterocycles. The number of halogens is 2. The standard InChI is InChI=1S/C28H33F2N3O2/c1-2-19-5-3-6-20(11-19)16-32-17-25(26(31)14-21-12-22(29)15-23(30)13-21)27-8-9-28(34)33(27)18-24-7-4-10-35-24/h3-7,10-13,15,25-27,32H,2,8-9,14,16-18,31H2,1H3/t25?,26?,27-/m0/s1. The number of hydrogen-bond donors (Lipinski definition) is 2. The third-order valence-corrected chi connectivity index (χ3v) is 6.83. The lowest BCUT2D eigenvalue weighted by atomic mass is 9.86. The number of nitrogens with zero attached hydrogens (tertiary/aromatic N) is 1. The number of nitrogens with two attached hydrogens (primary N) is 1. The fourth-order valence-corrected chi connectivity index (χ4v) is 5.04. The number of furan rings is 1. The summed E-state index contributed by atoms with van der Waals surface area (Å²) in [5.41, 5.74) is 9.66. The monoisotopic (exact) mass is 481 g/mol. The van der Waals surface area contributed by atoms with Crippen LogP contribution in [0.3, 0.4) is 0 Å². The van der Waals surface area contributed by atoms with Crippen molar-refractivity contribution in [2.24, 2.45) is 11.7 Å². The summed E-state index contributed by atoms with van der Waals surface area (Å²) in [5.74, 6) is -0.566. The smallest absolute Gasteiger partial charge is 0.223 e. The van der Waals surface area contributed by atoms with E-state index in [2.05, 4.69) is 36.5 Å². The second kappa shape index (κ2) is 11.6. The molecule has 3 N–H and O–H groups in total. The predicted molar refractivity (Wildman–Crippen MR) is 131 cm³/mol. The first-order valence-electron chi connectivity index (χ1n) is 12.2. The van der Waals surface area contributed by atoms with Crippen molar-refractivity contribution in [2.45, 2.75) is 57.8 Å². The van der Waals surface area contributed by atoms with E-state index in [9.17, 15) is 13.6 Å². The first kappa shape index (κ1) is 25.1. The number of rotatable bonds is 11. The first-order chi connectivity index (χ1) is 16.9. The molecule has 0 bridgehead atoms. The molecule has 1 amide bonds. The average Bonchev–Trinajstić information content (AvgIpc) is 3.47. The fourth-order valence-electron chi connectivity index (χ4n) is 5.04. The summed E-state index contributed by atoms with van der Waals surface area (Å²) in [6, 6.07) is 15.1. The summed E-state index contributed by atoms with van der Waals surface area (Å²) in [4.78, 5) is 14.6. The van der Waals surface area contributed by atoms with Gasteiger partial charge in [-0.05, 0) is 60.2 Å². The molecule has 3 atom stereocenters. The summed E-state index contributed by atoms with van der Waals surface area (Å²) in [6.07, 6.45) is 4.01. The van der Waals surface area contributed by atoms with Gasteiger partial charge in [-0.1, -0.05) is 31.2 Å². The third-order valence-electron chi connectivity index (χ3n) is 6.83. The zero-order valence-electron chi connectivity index (χ0n) is 20.1. The Morgan fingerprint density at radius 3 is 2.57 bits per heavy atom. The van der Waals surface area contributed by atoms with Crippen molar-refractivity contribution >= 4 is 5.91 Å². The lowest BCUT2D eigenvalue weighted by Crippen LogP contribution is -2.50. The summed E-state index contributed by atoms with van der Waals surface area (Å²) >= 11 is 0. The van der Waals surface area contributed by atoms with Gasteiger partial charge in [-0.25, -0.2) is 8.78 Å². The van der Waals surface area contributed by atoms with Gasteiger partial charge in [0.2, 0.25) is 5.91 Å². The van der Waals surface area contributed by atoms with Crippen LogP contribution in [0.15, 0.2) is 65.3 Å². The zero-order chi connectivity index (χ0) is 24.8. The molecule has 5 nitrogen and oxygen atoms in total. The van der Waals surface area contributed by atoms with E-state index in [-0.39, 0.29) is 17.9 Å². The third kappa shape index (κ3) is 6.55. The molecule has 2 aromatic carbocycles. The van der Waals surface area contributed by atoms with E-state index < -0.39 is 17.7 Å². The number of amides is 1. The molecule has 3 aromatic rings. The van der Waals surface area contributed by atoms with Gasteiger partial charge in [0.05, 0.1) is 12.8 Å². The molecule has 0 saturated carbocycles. The Balaban J connectivity index is 1.52. The summed E-state index contributed by atoms with van der Waals surface area (Å²) in [5, 5.41) is 3.52. The quantitative estimate of drug-likeness (QED) is 0.420. The van der Waals surface area contributed by atoms with Gasteiger partial charge in [0, 0.05) is 43.6 Å². The predicted octanol–water partition coefficient (Wildman–Crippen LogP) is 4.59. The largest absolute Gasteiger partial charge is 0.467 e. The van der Waals surface area contributed by atoms with Crippen LogP contribution < -0.4 is 11.1 Å². The van der Waals surface area contributed by atoms with Crippen molar-refractivity contribution in [3.63, 3.8) is 0 Å². The van der Waals surface area contributed by atoms with Crippen LogP contribution in [0, 0.1) is 17.6 Å². The van der Waals surface area contributed by atoms with Crippen LogP contribution in [-0.2, 0) is 30.7 Å². The van der Waals surface area contributed by atoms with Gasteiger partial charge in [-0.15, -0.1) is 0 Å². The minimum atomic E-state index is -0.617. The summed E-state index contributed by atoms with van der Waals surface area (Å²) in [6.45, 7) is 3.75. The maximum atomic E-state index is 13.8. The Morgan fingerprint density at radius 2 is 1.86 bits per heavy atom. The number of likely N-dealkylation sites (tertiary alicyclic amines) is 1. The Hall–Kier alpha value is -3.03. The van der Waals surface area contributed by atoms with E-state index in [4.69, 9.17) is 10.2 Å². The van der Waals surface area contributed by atoms with Crippen molar-refractivity contribution in [2.75, 3.05) is 6.54 Å². The molecule has 186 valence electrons. The molecule has 35 heavy (non-hydrogen) atoms. The molecular formula is C28H33F2N3O2. The van der Waals surface area contributed by atoms with E-state index in [0.29, 0.717) is 50.2 Å². The Morgan fingerprint density at radius 1 is 1.09 bits per heavy atom. The van der Waals surface area contributed by atoms with E-state index in [0.717, 1.165) is 12.5 Å². The van der Waals surface area contributed by atoms with E-state index in [1.54, 1.807) is 12.3 Å². The highest BCUT2D eigenvalue weighted by molar-refractivity contribution is 5.78. The first-order valence-corrected chi connectivity index (χ1v) is 12.2. The average molecular weight is 482 g/mol. The Kier molecular flexibility index (Phi) is 8.31. The molecule has 1 aliphatic rings. The van der Waals surface area contributed by atoms with Gasteiger partial charge in [0.15, 0.2) is 0 Å². The van der Waals surface area contributed by atoms with Gasteiger partial charge < -0.3 is 20.4 Å². The Bertz CT molecular complexity index is 1100. The lowest BCUT2D eigenvalue weighted by Gasteiger charge is -2.35. The minimum Gasteiger partial charge on any atom is -0.467 e. The molecule has 7 heteroatoms. The number of aryl methyl sites for hydroxylation is 1. The fraction of sp³-hybridized carbons (Fsp3) is 0.393. The molecule has 0 spiro atoms. The van der Waals surface area contributed by atoms with Crippen LogP contribution in [0.2, 0.25) is 0 Å². The highest BCUT2D eigenvalue weighted by Crippen LogP contribution is 2.30. The number of nitrogens with one attached hydrogen (secondary N) is 1. The van der Waals surface area contributed by atoms with Crippen LogP contribution in [-0.4, -0.2) is 29.4 Å². The highest BCUT2D eigenvalue weighted by atomic mass is 19.1. The topological polar surface area (TPSA) is 71.5 Å². The molecule has 0 aliphatic carbocycles. The van der Waals surface area contributed by atoms with Crippen LogP contribution >= 0.6 is 0 Å². The molecule has 1 aromatic heterocycles. The number of carbonyl (C=O) groups excluding carboxylic acids is 1. The second-order valence-electron chi connectivity index (χ2n) is 9.32. The van der Waals surface area contributed by atoms with E-state index >= 15 is 0 Å². The number of benzene rings is 2. The van der Waals surface area contributed by atoms with Gasteiger partial charge in [-0.3, -0.25) is 4.79 Å². The molecule has 2 unspecified atom stereocenters. The van der Waals surface area contributed by atoms with Crippen molar-refractivity contribution in [3.8, 4) is 0 Å². The van der Waals surface area contributed by atoms with Crippen LogP contribution in [0.5, 0.6) is 0 Å². The molecule has 1 aliphatic heterocycles. The lowest BCUT2D eigenvalue weighted by molar-refractivity contribution is -0.130. The second-order valence-corrected chi connectivity index (χ2v) is 9.32. The van der Waals surface area contributed by atoms with Crippen molar-refractivity contribution in [1.29, 1.82) is 0 Å². The molecule has 1 fully saturated rings. The minimum absolute atomic E-state index is 0.0658. The van der Waals surface area contributed by atoms with Gasteiger partial charge in [-0.2, -0.15) is 0 Å². The maximum Gasteiger partial charge on any atom is 0.223 e. The maximum absolute atomic E-state index is 13.8. The normalized spacial score (nSPS) is 17.7. The molecule has 2 heterocycles. The number of carbonyl (C=O) groups is 1. The SMILES string of the molecule is CCc1cccc(CNCC(C(N)Cc2cc(F)cc(F)c2)[C@@H]2CCC(=O)N2Cc2ccco2)c1. The van der Waals surface area contributed by atoms with Crippen molar-refractivity contribution in [1.82, 2.24) is 10.2 Å². The van der Waals surface area contributed by atoms with E-state index in [1.807, 2.05) is 11.0 Å². The van der Waals surface area contributed by atoms with Crippen LogP contribution in [0.1, 0.15) is 42.2 Å². The van der Waals surface area contributed by atoms with Crippen LogP contribution in [0.25, 0.3) is 0 Å². The number of hydrogen-bond acceptors (Lipinski definition) is 4. The van der Waals surface area contributed by atoms with Crippen molar-refractivity contribution in [3.05, 3.63) is 94.9 Å². The van der Waals surface area contributed by atoms with Crippen LogP contribution in [0.4, 0.5) is 8.78 Å². The Labute approximate surface area is 205 Å². The molecule has 0 radical (unpaired) electrons. The van der Waals surface area contributed by atoms with Crippen molar-refractivity contribution < 1.29 is 18.0 Å². The van der Waals surface area contributed by atoms with Gasteiger partial charge in [0.1, 0.15) is 17.4 Å². The van der Waals surface area contributed by atoms with Gasteiger partial charge >= 0.3 is 0 Å². The summed E-state index contributed by atoms with van der Waals surface area (Å²) in [7, 11) is 0. The van der Waals surface area contributed by atoms with Gasteiger partial charge in [0.25, 0.3) is 0 Å².